The van der Waals surface area contributed by atoms with Crippen molar-refractivity contribution in [2.75, 3.05) is 45.9 Å². The predicted molar refractivity (Wildman–Crippen MR) is 87.5 cm³/mol. The fraction of sp³-hybridized carbons (Fsp3) is 0.556. The standard InChI is InChI=1S/C18H22N2O4/c21-15(14-3-4-16-17(11-14)24-10-9-23-16)12-19-5-7-20(8-6-19)18(22)13-1-2-13/h3-4,11,13H,1-2,5-10,12H2. The Morgan fingerprint density at radius 2 is 1.71 bits per heavy atom. The number of nitrogens with zero attached hydrogens (tertiary/aromatic N) is 2. The average molecular weight is 330 g/mol. The van der Waals surface area contributed by atoms with Gasteiger partial charge in [0.25, 0.3) is 0 Å². The van der Waals surface area contributed by atoms with Crippen LogP contribution in [0.4, 0.5) is 0 Å². The van der Waals surface area contributed by atoms with Crippen molar-refractivity contribution in [2.45, 2.75) is 12.8 Å². The molecule has 0 N–H and O–H groups in total. The van der Waals surface area contributed by atoms with Gasteiger partial charge < -0.3 is 14.4 Å². The van der Waals surface area contributed by atoms with E-state index >= 15 is 0 Å². The lowest BCUT2D eigenvalue weighted by atomic mass is 10.1. The second kappa shape index (κ2) is 6.43. The summed E-state index contributed by atoms with van der Waals surface area (Å²) in [6.45, 7) is 4.41. The van der Waals surface area contributed by atoms with Crippen LogP contribution in [-0.2, 0) is 4.79 Å². The Hall–Kier alpha value is -2.08. The van der Waals surface area contributed by atoms with E-state index in [4.69, 9.17) is 9.47 Å². The molecule has 0 spiro atoms. The van der Waals surface area contributed by atoms with E-state index in [1.165, 1.54) is 0 Å². The summed E-state index contributed by atoms with van der Waals surface area (Å²) in [6.07, 6.45) is 2.09. The van der Waals surface area contributed by atoms with Crippen LogP contribution in [0, 0.1) is 5.92 Å². The summed E-state index contributed by atoms with van der Waals surface area (Å²) in [7, 11) is 0. The van der Waals surface area contributed by atoms with Crippen LogP contribution >= 0.6 is 0 Å². The van der Waals surface area contributed by atoms with Gasteiger partial charge in [-0.05, 0) is 31.0 Å². The molecule has 1 aromatic rings. The molecule has 0 atom stereocenters. The highest BCUT2D eigenvalue weighted by molar-refractivity contribution is 5.98. The number of Topliss-reactive ketones (excluding diaryl/α,β-unsaturated/α-hetero) is 1. The molecule has 128 valence electrons. The van der Waals surface area contributed by atoms with E-state index in [0.29, 0.717) is 42.7 Å². The molecule has 2 aliphatic heterocycles. The molecule has 4 rings (SSSR count). The maximum atomic E-state index is 12.5. The van der Waals surface area contributed by atoms with Gasteiger partial charge in [0.05, 0.1) is 6.54 Å². The first-order valence-corrected chi connectivity index (χ1v) is 8.65. The lowest BCUT2D eigenvalue weighted by molar-refractivity contribution is -0.134. The van der Waals surface area contributed by atoms with E-state index < -0.39 is 0 Å². The molecular formula is C18H22N2O4. The SMILES string of the molecule is O=C(CN1CCN(C(=O)C2CC2)CC1)c1ccc2c(c1)OCCO2. The van der Waals surface area contributed by atoms with Gasteiger partial charge in [-0.25, -0.2) is 0 Å². The highest BCUT2D eigenvalue weighted by Gasteiger charge is 2.34. The summed E-state index contributed by atoms with van der Waals surface area (Å²) in [5, 5.41) is 0. The molecule has 0 aromatic heterocycles. The van der Waals surface area contributed by atoms with Crippen molar-refractivity contribution in [1.82, 2.24) is 9.80 Å². The number of carbonyl (C=O) groups is 2. The minimum Gasteiger partial charge on any atom is -0.486 e. The summed E-state index contributed by atoms with van der Waals surface area (Å²) in [4.78, 5) is 28.6. The smallest absolute Gasteiger partial charge is 0.225 e. The Morgan fingerprint density at radius 3 is 2.42 bits per heavy atom. The molecule has 6 nitrogen and oxygen atoms in total. The number of piperazine rings is 1. The van der Waals surface area contributed by atoms with Crippen LogP contribution in [0.1, 0.15) is 23.2 Å². The maximum Gasteiger partial charge on any atom is 0.225 e. The molecule has 2 fully saturated rings. The minimum atomic E-state index is 0.0777. The molecule has 3 aliphatic rings. The maximum absolute atomic E-state index is 12.5. The molecule has 1 saturated carbocycles. The number of benzene rings is 1. The molecule has 2 heterocycles. The van der Waals surface area contributed by atoms with E-state index in [1.54, 1.807) is 18.2 Å². The van der Waals surface area contributed by atoms with Crippen LogP contribution < -0.4 is 9.47 Å². The second-order valence-corrected chi connectivity index (χ2v) is 6.66. The summed E-state index contributed by atoms with van der Waals surface area (Å²) in [6, 6.07) is 5.36. The number of ketones is 1. The Balaban J connectivity index is 1.32. The van der Waals surface area contributed by atoms with Crippen LogP contribution in [0.5, 0.6) is 11.5 Å². The van der Waals surface area contributed by atoms with Crippen molar-refractivity contribution < 1.29 is 19.1 Å². The highest BCUT2D eigenvalue weighted by Crippen LogP contribution is 2.32. The van der Waals surface area contributed by atoms with Gasteiger partial charge in [0.15, 0.2) is 17.3 Å². The van der Waals surface area contributed by atoms with Crippen molar-refractivity contribution in [2.24, 2.45) is 5.92 Å². The second-order valence-electron chi connectivity index (χ2n) is 6.66. The van der Waals surface area contributed by atoms with Crippen molar-refractivity contribution in [3.05, 3.63) is 23.8 Å². The third-order valence-corrected chi connectivity index (χ3v) is 4.84. The zero-order chi connectivity index (χ0) is 16.5. The van der Waals surface area contributed by atoms with E-state index in [-0.39, 0.29) is 11.7 Å². The van der Waals surface area contributed by atoms with Crippen LogP contribution in [0.2, 0.25) is 0 Å². The summed E-state index contributed by atoms with van der Waals surface area (Å²) in [5.74, 6) is 2.00. The van der Waals surface area contributed by atoms with Gasteiger partial charge in [-0.2, -0.15) is 0 Å². The molecular weight excluding hydrogens is 308 g/mol. The number of ether oxygens (including phenoxy) is 2. The van der Waals surface area contributed by atoms with Gasteiger partial charge in [0.1, 0.15) is 13.2 Å². The number of hydrogen-bond donors (Lipinski definition) is 0. The fourth-order valence-electron chi connectivity index (χ4n) is 3.23. The summed E-state index contributed by atoms with van der Waals surface area (Å²) < 4.78 is 11.0. The van der Waals surface area contributed by atoms with Crippen LogP contribution in [0.3, 0.4) is 0 Å². The fourth-order valence-corrected chi connectivity index (χ4v) is 3.23. The quantitative estimate of drug-likeness (QED) is 0.776. The molecule has 6 heteroatoms. The van der Waals surface area contributed by atoms with Crippen LogP contribution in [-0.4, -0.2) is 67.4 Å². The normalized spacial score (nSPS) is 20.8. The number of fused-ring (bicyclic) bond motifs is 1. The van der Waals surface area contributed by atoms with Crippen LogP contribution in [0.25, 0.3) is 0 Å². The molecule has 1 saturated heterocycles. The van der Waals surface area contributed by atoms with Gasteiger partial charge in [-0.3, -0.25) is 14.5 Å². The minimum absolute atomic E-state index is 0.0777. The van der Waals surface area contributed by atoms with E-state index in [9.17, 15) is 9.59 Å². The van der Waals surface area contributed by atoms with Crippen molar-refractivity contribution in [1.29, 1.82) is 0 Å². The molecule has 1 aliphatic carbocycles. The third kappa shape index (κ3) is 3.24. The third-order valence-electron chi connectivity index (χ3n) is 4.84. The highest BCUT2D eigenvalue weighted by atomic mass is 16.6. The van der Waals surface area contributed by atoms with Gasteiger partial charge in [0, 0.05) is 37.7 Å². The largest absolute Gasteiger partial charge is 0.486 e. The first-order chi connectivity index (χ1) is 11.7. The lowest BCUT2D eigenvalue weighted by Gasteiger charge is -2.34. The summed E-state index contributed by atoms with van der Waals surface area (Å²) >= 11 is 0. The van der Waals surface area contributed by atoms with E-state index in [2.05, 4.69) is 4.90 Å². The van der Waals surface area contributed by atoms with E-state index in [1.807, 2.05) is 4.90 Å². The lowest BCUT2D eigenvalue weighted by Crippen LogP contribution is -2.50. The first kappa shape index (κ1) is 15.4. The average Bonchev–Trinajstić information content (AvgIpc) is 3.46. The Bertz CT molecular complexity index is 648. The zero-order valence-electron chi connectivity index (χ0n) is 13.7. The number of amides is 1. The first-order valence-electron chi connectivity index (χ1n) is 8.65. The molecule has 0 unspecified atom stereocenters. The van der Waals surface area contributed by atoms with Crippen molar-refractivity contribution in [3.8, 4) is 11.5 Å². The van der Waals surface area contributed by atoms with E-state index in [0.717, 1.165) is 39.0 Å². The zero-order valence-corrected chi connectivity index (χ0v) is 13.7. The predicted octanol–water partition coefficient (Wildman–Crippen LogP) is 1.19. The van der Waals surface area contributed by atoms with Gasteiger partial charge in [0.2, 0.25) is 5.91 Å². The molecule has 1 amide bonds. The summed E-state index contributed by atoms with van der Waals surface area (Å²) in [5.41, 5.74) is 0.649. The molecule has 0 radical (unpaired) electrons. The number of hydrogen-bond acceptors (Lipinski definition) is 5. The Labute approximate surface area is 141 Å². The van der Waals surface area contributed by atoms with Gasteiger partial charge >= 0.3 is 0 Å². The topological polar surface area (TPSA) is 59.1 Å². The van der Waals surface area contributed by atoms with Crippen molar-refractivity contribution >= 4 is 11.7 Å². The number of rotatable bonds is 4. The molecule has 0 bridgehead atoms. The van der Waals surface area contributed by atoms with Gasteiger partial charge in [-0.15, -0.1) is 0 Å². The molecule has 1 aromatic carbocycles. The number of carbonyl (C=O) groups excluding carboxylic acids is 2. The Kier molecular flexibility index (Phi) is 4.14. The monoisotopic (exact) mass is 330 g/mol. The van der Waals surface area contributed by atoms with Gasteiger partial charge in [-0.1, -0.05) is 0 Å². The molecule has 24 heavy (non-hydrogen) atoms. The van der Waals surface area contributed by atoms with Crippen molar-refractivity contribution in [3.63, 3.8) is 0 Å². The van der Waals surface area contributed by atoms with Crippen LogP contribution in [0.15, 0.2) is 18.2 Å². The Morgan fingerprint density at radius 1 is 1.00 bits per heavy atom.